The topological polar surface area (TPSA) is 57.2 Å². The average Bonchev–Trinajstić information content (AvgIpc) is 2.91. The first-order valence-electron chi connectivity index (χ1n) is 7.81. The normalized spacial score (nSPS) is 35.8. The van der Waals surface area contributed by atoms with Crippen molar-refractivity contribution >= 4 is 6.09 Å². The highest BCUT2D eigenvalue weighted by atomic mass is 19.2. The lowest BCUT2D eigenvalue weighted by Crippen LogP contribution is -2.66. The van der Waals surface area contributed by atoms with Crippen LogP contribution in [0.3, 0.4) is 0 Å². The lowest BCUT2D eigenvalue weighted by molar-refractivity contribution is -0.341. The second kappa shape index (κ2) is 5.27. The van der Waals surface area contributed by atoms with Gasteiger partial charge in [-0.15, -0.1) is 0 Å². The summed E-state index contributed by atoms with van der Waals surface area (Å²) in [6.07, 6.45) is 0.500. The van der Waals surface area contributed by atoms with Gasteiger partial charge in [-0.25, -0.2) is 14.0 Å². The van der Waals surface area contributed by atoms with Gasteiger partial charge >= 0.3 is 6.09 Å². The summed E-state index contributed by atoms with van der Waals surface area (Å²) >= 11 is 0. The van der Waals surface area contributed by atoms with E-state index in [1.54, 1.807) is 19.9 Å². The smallest absolute Gasteiger partial charge is 0.435 e. The summed E-state index contributed by atoms with van der Waals surface area (Å²) in [4.78, 5) is 17.6. The Labute approximate surface area is 138 Å². The Bertz CT molecular complexity index is 679. The molecule has 1 aliphatic carbocycles. The van der Waals surface area contributed by atoms with Crippen LogP contribution in [0.25, 0.3) is 0 Å². The molecule has 128 valence electrons. The zero-order valence-corrected chi connectivity index (χ0v) is 13.3. The van der Waals surface area contributed by atoms with Crippen molar-refractivity contribution in [3.8, 4) is 0 Å². The van der Waals surface area contributed by atoms with E-state index < -0.39 is 36.0 Å². The quantitative estimate of drug-likeness (QED) is 0.778. The van der Waals surface area contributed by atoms with Gasteiger partial charge in [0.05, 0.1) is 0 Å². The number of halogens is 1. The summed E-state index contributed by atoms with van der Waals surface area (Å²) in [6.45, 7) is 3.48. The van der Waals surface area contributed by atoms with Gasteiger partial charge in [-0.3, -0.25) is 0 Å². The fourth-order valence-corrected chi connectivity index (χ4v) is 3.22. The minimum Gasteiger partial charge on any atom is -0.443 e. The highest BCUT2D eigenvalue weighted by Gasteiger charge is 2.65. The van der Waals surface area contributed by atoms with Gasteiger partial charge in [0.2, 0.25) is 0 Å². The molecule has 0 radical (unpaired) electrons. The summed E-state index contributed by atoms with van der Waals surface area (Å²) < 4.78 is 31.6. The van der Waals surface area contributed by atoms with Crippen LogP contribution in [0.15, 0.2) is 42.5 Å². The Morgan fingerprint density at radius 3 is 2.79 bits per heavy atom. The van der Waals surface area contributed by atoms with Gasteiger partial charge in [0.25, 0.3) is 5.85 Å². The molecule has 7 heteroatoms. The predicted octanol–water partition coefficient (Wildman–Crippen LogP) is 2.69. The molecular formula is C17H18FNO5. The van der Waals surface area contributed by atoms with Crippen molar-refractivity contribution in [1.29, 1.82) is 0 Å². The number of hydrogen-bond donors (Lipinski definition) is 0. The summed E-state index contributed by atoms with van der Waals surface area (Å²) in [5, 5.41) is 0.898. The average molecular weight is 335 g/mol. The van der Waals surface area contributed by atoms with Crippen molar-refractivity contribution in [2.45, 2.75) is 50.3 Å². The Morgan fingerprint density at radius 1 is 1.29 bits per heavy atom. The second-order valence-corrected chi connectivity index (χ2v) is 6.53. The maximum absolute atomic E-state index is 15.0. The van der Waals surface area contributed by atoms with Crippen molar-refractivity contribution in [1.82, 2.24) is 5.06 Å². The number of hydroxylamine groups is 2. The van der Waals surface area contributed by atoms with Gasteiger partial charge in [0, 0.05) is 0 Å². The van der Waals surface area contributed by atoms with Crippen molar-refractivity contribution < 1.29 is 28.2 Å². The van der Waals surface area contributed by atoms with Crippen molar-refractivity contribution in [3.05, 3.63) is 48.0 Å². The third-order valence-corrected chi connectivity index (χ3v) is 4.27. The number of rotatable bonds is 2. The van der Waals surface area contributed by atoms with Crippen LogP contribution >= 0.6 is 0 Å². The minimum atomic E-state index is -2.25. The third kappa shape index (κ3) is 2.49. The molecule has 1 aromatic carbocycles. The van der Waals surface area contributed by atoms with Crippen LogP contribution in [-0.2, 0) is 25.7 Å². The Hall–Kier alpha value is -1.96. The molecule has 6 nitrogen and oxygen atoms in total. The van der Waals surface area contributed by atoms with E-state index in [1.165, 1.54) is 6.08 Å². The van der Waals surface area contributed by atoms with Crippen LogP contribution in [0, 0.1) is 0 Å². The van der Waals surface area contributed by atoms with E-state index in [0.29, 0.717) is 0 Å². The van der Waals surface area contributed by atoms with Gasteiger partial charge in [-0.05, 0) is 25.5 Å². The molecule has 0 spiro atoms. The van der Waals surface area contributed by atoms with Crippen LogP contribution in [0.1, 0.15) is 19.4 Å². The second-order valence-electron chi connectivity index (χ2n) is 6.53. The number of benzene rings is 1. The predicted molar refractivity (Wildman–Crippen MR) is 80.1 cm³/mol. The maximum atomic E-state index is 15.0. The molecule has 0 saturated carbocycles. The monoisotopic (exact) mass is 335 g/mol. The highest BCUT2D eigenvalue weighted by molar-refractivity contribution is 5.68. The van der Waals surface area contributed by atoms with Gasteiger partial charge in [-0.2, -0.15) is 5.06 Å². The summed E-state index contributed by atoms with van der Waals surface area (Å²) in [7, 11) is 0. The number of carbonyl (C=O) groups is 1. The first kappa shape index (κ1) is 15.6. The Morgan fingerprint density at radius 2 is 2.04 bits per heavy atom. The third-order valence-electron chi connectivity index (χ3n) is 4.27. The van der Waals surface area contributed by atoms with Crippen molar-refractivity contribution in [3.63, 3.8) is 0 Å². The van der Waals surface area contributed by atoms with Crippen LogP contribution in [0.4, 0.5) is 9.18 Å². The molecule has 2 fully saturated rings. The summed E-state index contributed by atoms with van der Waals surface area (Å²) in [5.41, 5.74) is 0.831. The van der Waals surface area contributed by atoms with Crippen LogP contribution in [0.5, 0.6) is 0 Å². The zero-order valence-electron chi connectivity index (χ0n) is 13.3. The molecule has 1 amide bonds. The van der Waals surface area contributed by atoms with E-state index >= 15 is 4.39 Å². The van der Waals surface area contributed by atoms with E-state index in [-0.39, 0.29) is 6.61 Å². The molecule has 4 atom stereocenters. The largest absolute Gasteiger partial charge is 0.443 e. The van der Waals surface area contributed by atoms with E-state index in [9.17, 15) is 4.79 Å². The molecule has 4 aliphatic rings. The van der Waals surface area contributed by atoms with Crippen LogP contribution < -0.4 is 0 Å². The number of nitrogens with zero attached hydrogens (tertiary/aromatic N) is 1. The molecule has 1 aromatic rings. The molecule has 0 N–H and O–H groups in total. The SMILES string of the molecule is CC1(C)OC2C3C=CC(F)(ON3C(=O)OCc3ccccc3)C2O1. The standard InChI is InChI=1S/C17H18FNO5/c1-16(2)22-13-12-8-9-17(18,14(13)23-16)24-19(12)15(20)21-10-11-6-4-3-5-7-11/h3-9,12-14H,10H2,1-2H3. The number of hydrogen-bond acceptors (Lipinski definition) is 5. The molecule has 0 aromatic heterocycles. The van der Waals surface area contributed by atoms with Gasteiger partial charge in [0.1, 0.15) is 18.8 Å². The molecule has 4 unspecified atom stereocenters. The highest BCUT2D eigenvalue weighted by Crippen LogP contribution is 2.47. The first-order valence-corrected chi connectivity index (χ1v) is 7.81. The fraction of sp³-hybridized carbons (Fsp3) is 0.471. The zero-order chi connectivity index (χ0) is 16.9. The molecule has 5 rings (SSSR count). The molecule has 3 aliphatic heterocycles. The fourth-order valence-electron chi connectivity index (χ4n) is 3.22. The lowest BCUT2D eigenvalue weighted by Gasteiger charge is -2.47. The first-order chi connectivity index (χ1) is 11.4. The Balaban J connectivity index is 1.49. The molecule has 24 heavy (non-hydrogen) atoms. The molecule has 2 saturated heterocycles. The number of amides is 1. The van der Waals surface area contributed by atoms with Gasteiger partial charge < -0.3 is 14.2 Å². The molecule has 2 bridgehead atoms. The number of carbonyl (C=O) groups excluding carboxylic acids is 1. The molecule has 3 heterocycles. The maximum Gasteiger partial charge on any atom is 0.435 e. The summed E-state index contributed by atoms with van der Waals surface area (Å²) in [5.74, 6) is -3.19. The van der Waals surface area contributed by atoms with Crippen molar-refractivity contribution in [2.24, 2.45) is 0 Å². The molecular weight excluding hydrogens is 317 g/mol. The number of ether oxygens (including phenoxy) is 3. The minimum absolute atomic E-state index is 0.0756. The van der Waals surface area contributed by atoms with Crippen LogP contribution in [0.2, 0.25) is 0 Å². The number of alkyl halides is 1. The van der Waals surface area contributed by atoms with Gasteiger partial charge in [-0.1, -0.05) is 36.4 Å². The van der Waals surface area contributed by atoms with E-state index in [0.717, 1.165) is 10.6 Å². The summed E-state index contributed by atoms with van der Waals surface area (Å²) in [6, 6.07) is 8.63. The van der Waals surface area contributed by atoms with Gasteiger partial charge in [0.15, 0.2) is 11.9 Å². The van der Waals surface area contributed by atoms with E-state index in [2.05, 4.69) is 0 Å². The number of fused-ring (bicyclic) bond motifs is 1. The lowest BCUT2D eigenvalue weighted by atomic mass is 9.90. The van der Waals surface area contributed by atoms with Crippen molar-refractivity contribution in [2.75, 3.05) is 0 Å². The Kier molecular flexibility index (Phi) is 3.42. The van der Waals surface area contributed by atoms with E-state index in [1.807, 2.05) is 30.3 Å². The van der Waals surface area contributed by atoms with Crippen LogP contribution in [-0.4, -0.2) is 41.0 Å². The van der Waals surface area contributed by atoms with E-state index in [4.69, 9.17) is 19.0 Å².